The molecule has 0 aromatic rings. The first kappa shape index (κ1) is 16.9. The molecule has 29 heavy (non-hydrogen) atoms. The first-order valence-electron chi connectivity index (χ1n) is 12.8. The van der Waals surface area contributed by atoms with Crippen LogP contribution in [-0.2, 0) is 6.51 Å². The van der Waals surface area contributed by atoms with E-state index in [1.807, 2.05) is 0 Å². The van der Waals surface area contributed by atoms with Crippen LogP contribution in [0.15, 0.2) is 0 Å². The first-order chi connectivity index (χ1) is 13.0. The van der Waals surface area contributed by atoms with Gasteiger partial charge in [0.1, 0.15) is 0 Å². The Balaban J connectivity index is 1.31. The van der Waals surface area contributed by atoms with Gasteiger partial charge in [0.15, 0.2) is 0 Å². The predicted octanol–water partition coefficient (Wildman–Crippen LogP) is 9.42. The van der Waals surface area contributed by atoms with Gasteiger partial charge in [-0.25, -0.2) is 0 Å². The van der Waals surface area contributed by atoms with E-state index in [9.17, 15) is 0 Å². The van der Waals surface area contributed by atoms with Crippen LogP contribution in [0.4, 0.5) is 0 Å². The summed E-state index contributed by atoms with van der Waals surface area (Å²) in [6.45, 7) is 26.0. The third-order valence-electron chi connectivity index (χ3n) is 18.8. The van der Waals surface area contributed by atoms with Crippen molar-refractivity contribution >= 4 is 15.8 Å². The van der Waals surface area contributed by atoms with Crippen molar-refractivity contribution in [3.63, 3.8) is 0 Å². The molecule has 0 bridgehead atoms. The Kier molecular flexibility index (Phi) is 1.15. The number of fused-ring (bicyclic) bond motifs is 10. The fourth-order valence-electron chi connectivity index (χ4n) is 22.3. The van der Waals surface area contributed by atoms with E-state index in [0.29, 0.717) is 10.3 Å². The van der Waals surface area contributed by atoms with Gasteiger partial charge in [-0.1, -0.05) is 0 Å². The maximum absolute atomic E-state index is 3.36. The molecule has 0 nitrogen and oxygen atoms in total. The topological polar surface area (TPSA) is 0 Å². The fraction of sp³-hybridized carbons (Fsp3) is 1.00. The normalized spacial score (nSPS) is 80.7. The van der Waals surface area contributed by atoms with E-state index in [2.05, 4.69) is 76.2 Å². The van der Waals surface area contributed by atoms with Gasteiger partial charge in [0.05, 0.1) is 0 Å². The zero-order chi connectivity index (χ0) is 20.8. The van der Waals surface area contributed by atoms with Crippen molar-refractivity contribution in [2.45, 2.75) is 150 Å². The van der Waals surface area contributed by atoms with E-state index in [-0.39, 0.29) is 15.8 Å². The zero-order valence-corrected chi connectivity index (χ0v) is 23.5. The molecule has 6 unspecified atom stereocenters. The van der Waals surface area contributed by atoms with Crippen LogP contribution in [-0.4, -0.2) is 31.3 Å². The van der Waals surface area contributed by atoms with Crippen molar-refractivity contribution in [1.82, 2.24) is 0 Å². The second kappa shape index (κ2) is 1.98. The van der Waals surface area contributed by atoms with Gasteiger partial charge in [0.25, 0.3) is 0 Å². The molecule has 0 radical (unpaired) electrons. The van der Waals surface area contributed by atoms with Gasteiger partial charge in [-0.2, -0.15) is 0 Å². The summed E-state index contributed by atoms with van der Waals surface area (Å²) < 4.78 is 2.10. The Morgan fingerprint density at radius 1 is 0.655 bits per heavy atom. The van der Waals surface area contributed by atoms with E-state index in [4.69, 9.17) is 0 Å². The molecule has 10 fully saturated rings. The molecular weight excluding hydrogens is 430 g/mol. The van der Waals surface area contributed by atoms with Crippen LogP contribution in [0.2, 0.25) is 42.8 Å². The Morgan fingerprint density at radius 3 is 1.34 bits per heavy atom. The van der Waals surface area contributed by atoms with Gasteiger partial charge in [-0.15, -0.1) is 0 Å². The van der Waals surface area contributed by atoms with Crippen LogP contribution in [0.3, 0.4) is 0 Å². The molecule has 6 atom stereocenters. The summed E-state index contributed by atoms with van der Waals surface area (Å²) >= 11 is 0. The van der Waals surface area contributed by atoms with E-state index in [0.717, 1.165) is 25.3 Å². The summed E-state index contributed by atoms with van der Waals surface area (Å²) in [4.78, 5) is 11.6. The molecule has 0 aromatic heterocycles. The van der Waals surface area contributed by atoms with Crippen LogP contribution in [0.1, 0.15) is 76.2 Å². The van der Waals surface area contributed by atoms with Gasteiger partial charge in [-0.3, -0.25) is 0 Å². The summed E-state index contributed by atoms with van der Waals surface area (Å²) in [7, 11) is 0.277. The fourth-order valence-corrected chi connectivity index (χ4v) is 124. The average molecular weight is 474 g/mol. The van der Waals surface area contributed by atoms with Gasteiger partial charge < -0.3 is 0 Å². The van der Waals surface area contributed by atoms with Gasteiger partial charge in [0, 0.05) is 0 Å². The first-order valence-corrected chi connectivity index (χ1v) is 21.9. The molecule has 0 aromatic carbocycles. The van der Waals surface area contributed by atoms with Crippen molar-refractivity contribution in [3.8, 4) is 0 Å². The Labute approximate surface area is 172 Å². The van der Waals surface area contributed by atoms with Crippen LogP contribution in [0.25, 0.3) is 0 Å². The standard InChI is InChI=1S/C21H39P2.C5H5.Fe/c1-15(2)22(16(3)4)19-14-12-13-18(19)17(5)23(20(6,7)8)21(9,10)11;1-2-4-5-3-1;/h12-17H,1-11H3;1-5H;. The molecule has 0 amide bonds. The molecule has 3 heteroatoms. The van der Waals surface area contributed by atoms with Crippen molar-refractivity contribution in [2.24, 2.45) is 0 Å². The van der Waals surface area contributed by atoms with Crippen LogP contribution >= 0.6 is 15.8 Å². The van der Waals surface area contributed by atoms with Crippen LogP contribution in [0, 0.1) is 0 Å². The van der Waals surface area contributed by atoms with E-state index in [1.54, 1.807) is 0 Å². The second-order valence-corrected chi connectivity index (χ2v) is 49.2. The third kappa shape index (κ3) is 0.315. The second-order valence-electron chi connectivity index (χ2n) is 17.7. The molecule has 1 spiro atoms. The number of hydrogen-bond acceptors (Lipinski definition) is 0. The summed E-state index contributed by atoms with van der Waals surface area (Å²) in [6, 6.07) is 0. The summed E-state index contributed by atoms with van der Waals surface area (Å²) in [5.41, 5.74) is 3.07. The molecular formula is C26H44FeP2. The SMILES string of the molecule is CC(C)P(C(C)C)[C]12[CH]3[CH]4[CH]5[C]1(C(C)P(C(C)(C)C)C(C)(C)C)[Fe]45321678[CH]2[CH]1[CH]6[CH]7[CH]28. The zero-order valence-electron chi connectivity index (χ0n) is 20.6. The minimum absolute atomic E-state index is 0.0402. The van der Waals surface area contributed by atoms with Crippen molar-refractivity contribution in [2.75, 3.05) is 0 Å². The summed E-state index contributed by atoms with van der Waals surface area (Å²) in [5.74, 6) is 0. The van der Waals surface area contributed by atoms with E-state index in [1.165, 1.54) is 38.5 Å². The van der Waals surface area contributed by atoms with E-state index < -0.39 is 6.51 Å². The van der Waals surface area contributed by atoms with E-state index >= 15 is 0 Å². The maximum atomic E-state index is 2.90. The summed E-state index contributed by atoms with van der Waals surface area (Å²) in [6.07, 6.45) is 0. The van der Waals surface area contributed by atoms with Gasteiger partial charge in [0.2, 0.25) is 0 Å². The number of hydrogen-bond donors (Lipinski definition) is 0. The third-order valence-corrected chi connectivity index (χ3v) is 74.1. The monoisotopic (exact) mass is 474 g/mol. The predicted molar refractivity (Wildman–Crippen MR) is 129 cm³/mol. The molecule has 0 N–H and O–H groups in total. The Hall–Kier alpha value is 1.38. The average Bonchev–Trinajstić information content (AvgIpc) is 3.46. The molecule has 166 valence electrons. The quantitative estimate of drug-likeness (QED) is 0.275. The molecule has 10 heterocycles. The minimum atomic E-state index is -3.36. The molecule has 10 saturated heterocycles. The molecule has 0 aliphatic carbocycles. The summed E-state index contributed by atoms with van der Waals surface area (Å²) in [5, 5.41) is 1.02. The van der Waals surface area contributed by atoms with Crippen LogP contribution in [0.5, 0.6) is 0 Å². The van der Waals surface area contributed by atoms with Crippen molar-refractivity contribution in [1.29, 1.82) is 0 Å². The Morgan fingerprint density at radius 2 is 1.07 bits per heavy atom. The molecule has 10 aliphatic rings. The Bertz CT molecular complexity index is 1270. The van der Waals surface area contributed by atoms with Gasteiger partial charge >= 0.3 is 173 Å². The number of rotatable bonds is 5. The molecule has 0 saturated carbocycles. The van der Waals surface area contributed by atoms with Crippen molar-refractivity contribution < 1.29 is 6.51 Å². The van der Waals surface area contributed by atoms with Crippen LogP contribution < -0.4 is 0 Å². The van der Waals surface area contributed by atoms with Gasteiger partial charge in [-0.05, 0) is 0 Å². The molecule has 10 rings (SSSR count). The van der Waals surface area contributed by atoms with Crippen molar-refractivity contribution in [3.05, 3.63) is 0 Å². The molecule has 10 aliphatic heterocycles.